The van der Waals surface area contributed by atoms with E-state index in [0.29, 0.717) is 16.7 Å². The van der Waals surface area contributed by atoms with E-state index in [4.69, 9.17) is 0 Å². The van der Waals surface area contributed by atoms with E-state index in [-0.39, 0.29) is 0 Å². The zero-order valence-electron chi connectivity index (χ0n) is 8.67. The smallest absolute Gasteiger partial charge is 0.0242 e. The molecule has 2 heteroatoms. The van der Waals surface area contributed by atoms with Crippen LogP contribution in [0.25, 0.3) is 0 Å². The van der Waals surface area contributed by atoms with Crippen LogP contribution < -0.4 is 0 Å². The van der Waals surface area contributed by atoms with Crippen LogP contribution in [0.2, 0.25) is 0 Å². The highest BCUT2D eigenvalue weighted by molar-refractivity contribution is 9.09. The summed E-state index contributed by atoms with van der Waals surface area (Å²) in [6.45, 7) is 8.98. The van der Waals surface area contributed by atoms with Crippen molar-refractivity contribution in [2.75, 3.05) is 0 Å². The Morgan fingerprint density at radius 3 is 2.23 bits per heavy atom. The van der Waals surface area contributed by atoms with Crippen LogP contribution in [0.1, 0.15) is 36.4 Å². The first-order chi connectivity index (χ1) is 6.02. The number of hydrogen-bond donors (Lipinski definition) is 0. The van der Waals surface area contributed by atoms with Gasteiger partial charge in [-0.3, -0.25) is 0 Å². The lowest BCUT2D eigenvalue weighted by molar-refractivity contribution is 0.555. The fourth-order valence-electron chi connectivity index (χ4n) is 1.43. The minimum atomic E-state index is 0.588. The van der Waals surface area contributed by atoms with Gasteiger partial charge in [-0.25, -0.2) is 0 Å². The van der Waals surface area contributed by atoms with E-state index >= 15 is 0 Å². The van der Waals surface area contributed by atoms with E-state index in [1.54, 1.807) is 0 Å². The van der Waals surface area contributed by atoms with Crippen LogP contribution in [0.15, 0.2) is 12.1 Å². The Kier molecular flexibility index (Phi) is 3.99. The van der Waals surface area contributed by atoms with Crippen LogP contribution in [0.3, 0.4) is 0 Å². The number of rotatable bonds is 3. The molecule has 0 aromatic carbocycles. The van der Waals surface area contributed by atoms with E-state index in [1.165, 1.54) is 9.75 Å². The molecule has 0 N–H and O–H groups in total. The van der Waals surface area contributed by atoms with Crippen molar-refractivity contribution in [3.05, 3.63) is 21.9 Å². The molecule has 1 aromatic rings. The topological polar surface area (TPSA) is 0 Å². The van der Waals surface area contributed by atoms with Crippen LogP contribution in [0.5, 0.6) is 0 Å². The lowest BCUT2D eigenvalue weighted by atomic mass is 9.97. The normalized spacial score (nSPS) is 16.2. The maximum Gasteiger partial charge on any atom is 0.0242 e. The van der Waals surface area contributed by atoms with Crippen LogP contribution in [-0.2, 0) is 0 Å². The van der Waals surface area contributed by atoms with E-state index in [2.05, 4.69) is 55.8 Å². The van der Waals surface area contributed by atoms with Crippen molar-refractivity contribution in [3.63, 3.8) is 0 Å². The van der Waals surface area contributed by atoms with Gasteiger partial charge in [0.05, 0.1) is 0 Å². The van der Waals surface area contributed by atoms with Crippen molar-refractivity contribution >= 4 is 27.3 Å². The van der Waals surface area contributed by atoms with Crippen molar-refractivity contribution in [1.82, 2.24) is 0 Å². The summed E-state index contributed by atoms with van der Waals surface area (Å²) in [6.07, 6.45) is 0. The second kappa shape index (κ2) is 4.61. The SMILES string of the molecule is Cc1ccc(C(C)C(Br)C(C)C)s1. The molecule has 0 spiro atoms. The van der Waals surface area contributed by atoms with Crippen LogP contribution in [-0.4, -0.2) is 4.83 Å². The summed E-state index contributed by atoms with van der Waals surface area (Å²) >= 11 is 5.67. The summed E-state index contributed by atoms with van der Waals surface area (Å²) < 4.78 is 0. The highest BCUT2D eigenvalue weighted by atomic mass is 79.9. The van der Waals surface area contributed by atoms with Crippen molar-refractivity contribution in [2.24, 2.45) is 5.92 Å². The van der Waals surface area contributed by atoms with Gasteiger partial charge in [-0.1, -0.05) is 36.7 Å². The van der Waals surface area contributed by atoms with Gasteiger partial charge < -0.3 is 0 Å². The quantitative estimate of drug-likeness (QED) is 0.699. The van der Waals surface area contributed by atoms with Gasteiger partial charge in [0, 0.05) is 20.5 Å². The summed E-state index contributed by atoms with van der Waals surface area (Å²) in [4.78, 5) is 3.49. The molecule has 0 aliphatic heterocycles. The Hall–Kier alpha value is 0.180. The minimum absolute atomic E-state index is 0.588. The third-order valence-corrected chi connectivity index (χ3v) is 5.38. The van der Waals surface area contributed by atoms with Crippen molar-refractivity contribution in [3.8, 4) is 0 Å². The van der Waals surface area contributed by atoms with E-state index in [9.17, 15) is 0 Å². The highest BCUT2D eigenvalue weighted by Crippen LogP contribution is 2.33. The molecule has 1 aromatic heterocycles. The largest absolute Gasteiger partial charge is 0.145 e. The second-order valence-corrected chi connectivity index (χ2v) is 6.30. The van der Waals surface area contributed by atoms with Gasteiger partial charge in [0.15, 0.2) is 0 Å². The van der Waals surface area contributed by atoms with Crippen molar-refractivity contribution in [1.29, 1.82) is 0 Å². The summed E-state index contributed by atoms with van der Waals surface area (Å²) in [5, 5.41) is 0. The van der Waals surface area contributed by atoms with Gasteiger partial charge in [0.1, 0.15) is 0 Å². The molecule has 1 heterocycles. The van der Waals surface area contributed by atoms with Crippen molar-refractivity contribution < 1.29 is 0 Å². The first-order valence-electron chi connectivity index (χ1n) is 4.72. The third-order valence-electron chi connectivity index (χ3n) is 2.32. The number of hydrogen-bond acceptors (Lipinski definition) is 1. The molecule has 0 radical (unpaired) electrons. The molecule has 1 rings (SSSR count). The number of aryl methyl sites for hydroxylation is 1. The van der Waals surface area contributed by atoms with Gasteiger partial charge in [0.25, 0.3) is 0 Å². The first-order valence-corrected chi connectivity index (χ1v) is 6.46. The summed E-state index contributed by atoms with van der Waals surface area (Å²) in [6, 6.07) is 4.46. The molecule has 2 atom stereocenters. The molecule has 2 unspecified atom stereocenters. The van der Waals surface area contributed by atoms with E-state index in [0.717, 1.165) is 0 Å². The third kappa shape index (κ3) is 2.81. The molecule has 0 fully saturated rings. The molecule has 0 aliphatic rings. The molecule has 74 valence electrons. The molecular formula is C11H17BrS. The van der Waals surface area contributed by atoms with Crippen LogP contribution in [0, 0.1) is 12.8 Å². The zero-order valence-corrected chi connectivity index (χ0v) is 11.1. The van der Waals surface area contributed by atoms with E-state index < -0.39 is 0 Å². The maximum absolute atomic E-state index is 3.76. The molecule has 0 amide bonds. The standard InChI is InChI=1S/C11H17BrS/c1-7(2)11(12)9(4)10-6-5-8(3)13-10/h5-7,9,11H,1-4H3. The molecule has 0 bridgehead atoms. The number of thiophene rings is 1. The Bertz CT molecular complexity index is 265. The Morgan fingerprint density at radius 1 is 1.23 bits per heavy atom. The fourth-order valence-corrected chi connectivity index (χ4v) is 2.87. The van der Waals surface area contributed by atoms with Gasteiger partial charge >= 0.3 is 0 Å². The van der Waals surface area contributed by atoms with E-state index in [1.807, 2.05) is 11.3 Å². The summed E-state index contributed by atoms with van der Waals surface area (Å²) in [5.41, 5.74) is 0. The predicted molar refractivity (Wildman–Crippen MR) is 65.0 cm³/mol. The Balaban J connectivity index is 2.73. The molecule has 13 heavy (non-hydrogen) atoms. The molecule has 0 saturated carbocycles. The fraction of sp³-hybridized carbons (Fsp3) is 0.636. The minimum Gasteiger partial charge on any atom is -0.145 e. The maximum atomic E-state index is 3.76. The summed E-state index contributed by atoms with van der Waals surface area (Å²) in [5.74, 6) is 1.32. The zero-order chi connectivity index (χ0) is 10.0. The lowest BCUT2D eigenvalue weighted by Gasteiger charge is -2.20. The second-order valence-electron chi connectivity index (χ2n) is 3.93. The highest BCUT2D eigenvalue weighted by Gasteiger charge is 2.20. The average Bonchev–Trinajstić information content (AvgIpc) is 2.49. The van der Waals surface area contributed by atoms with Crippen molar-refractivity contribution in [2.45, 2.75) is 38.4 Å². The molecule has 0 nitrogen and oxygen atoms in total. The molecule has 0 aliphatic carbocycles. The number of halogens is 1. The van der Waals surface area contributed by atoms with Crippen LogP contribution >= 0.6 is 27.3 Å². The molecule has 0 saturated heterocycles. The first kappa shape index (κ1) is 11.3. The van der Waals surface area contributed by atoms with Crippen LogP contribution in [0.4, 0.5) is 0 Å². The predicted octanol–water partition coefficient (Wildman–Crippen LogP) is 4.58. The Labute approximate surface area is 93.5 Å². The van der Waals surface area contributed by atoms with Gasteiger partial charge in [-0.2, -0.15) is 0 Å². The average molecular weight is 261 g/mol. The number of alkyl halides is 1. The monoisotopic (exact) mass is 260 g/mol. The lowest BCUT2D eigenvalue weighted by Crippen LogP contribution is -2.14. The summed E-state index contributed by atoms with van der Waals surface area (Å²) in [7, 11) is 0. The van der Waals surface area contributed by atoms with Gasteiger partial charge in [-0.05, 0) is 25.0 Å². The van der Waals surface area contributed by atoms with Gasteiger partial charge in [-0.15, -0.1) is 11.3 Å². The Morgan fingerprint density at radius 2 is 1.85 bits per heavy atom. The van der Waals surface area contributed by atoms with Gasteiger partial charge in [0.2, 0.25) is 0 Å². The molecular weight excluding hydrogens is 244 g/mol.